The molecule has 150 valence electrons. The molecule has 5 heteroatoms. The van der Waals surface area contributed by atoms with E-state index in [1.165, 1.54) is 12.8 Å². The van der Waals surface area contributed by atoms with Gasteiger partial charge in [-0.15, -0.1) is 0 Å². The summed E-state index contributed by atoms with van der Waals surface area (Å²) < 4.78 is 5.38. The van der Waals surface area contributed by atoms with Gasteiger partial charge in [0, 0.05) is 11.6 Å². The maximum absolute atomic E-state index is 13.3. The largest absolute Gasteiger partial charge is 0.496 e. The number of methoxy groups -OCH3 is 1. The molecule has 0 aliphatic carbocycles. The fourth-order valence-corrected chi connectivity index (χ4v) is 4.62. The van der Waals surface area contributed by atoms with E-state index in [4.69, 9.17) is 16.3 Å². The second-order valence-corrected chi connectivity index (χ2v) is 8.38. The highest BCUT2D eigenvalue weighted by Gasteiger charge is 2.41. The molecule has 0 aromatic heterocycles. The first kappa shape index (κ1) is 20.7. The van der Waals surface area contributed by atoms with Gasteiger partial charge in [-0.3, -0.25) is 9.69 Å². The van der Waals surface area contributed by atoms with Gasteiger partial charge in [-0.25, -0.2) is 0 Å². The van der Waals surface area contributed by atoms with E-state index in [1.807, 2.05) is 18.2 Å². The fourth-order valence-electron chi connectivity index (χ4n) is 4.37. The van der Waals surface area contributed by atoms with Crippen LogP contribution in [-0.2, 0) is 0 Å². The zero-order chi connectivity index (χ0) is 20.3. The van der Waals surface area contributed by atoms with Crippen molar-refractivity contribution in [2.45, 2.75) is 51.2 Å². The first-order chi connectivity index (χ1) is 13.4. The number of nitrogens with one attached hydrogen (secondary N) is 1. The van der Waals surface area contributed by atoms with Crippen LogP contribution >= 0.6 is 11.6 Å². The number of benzene rings is 2. The van der Waals surface area contributed by atoms with Crippen molar-refractivity contribution in [2.24, 2.45) is 0 Å². The number of nitrogens with zero attached hydrogens (tertiary/aromatic N) is 1. The van der Waals surface area contributed by atoms with Crippen LogP contribution < -0.4 is 10.1 Å². The highest BCUT2D eigenvalue weighted by Crippen LogP contribution is 2.37. The maximum Gasteiger partial charge on any atom is 0.257 e. The van der Waals surface area contributed by atoms with Gasteiger partial charge in [0.15, 0.2) is 0 Å². The van der Waals surface area contributed by atoms with Gasteiger partial charge in [0.05, 0.1) is 23.7 Å². The highest BCUT2D eigenvalue weighted by atomic mass is 35.5. The van der Waals surface area contributed by atoms with Crippen molar-refractivity contribution in [3.8, 4) is 5.75 Å². The third-order valence-corrected chi connectivity index (χ3v) is 6.15. The number of rotatable bonds is 6. The second kappa shape index (κ2) is 8.54. The van der Waals surface area contributed by atoms with Crippen molar-refractivity contribution in [2.75, 3.05) is 13.7 Å². The Hall–Kier alpha value is -2.04. The molecule has 2 aromatic carbocycles. The highest BCUT2D eigenvalue weighted by molar-refractivity contribution is 6.34. The van der Waals surface area contributed by atoms with Crippen LogP contribution in [0.4, 0.5) is 0 Å². The van der Waals surface area contributed by atoms with Crippen LogP contribution in [0.2, 0.25) is 5.02 Å². The summed E-state index contributed by atoms with van der Waals surface area (Å²) in [5.74, 6) is 0.250. The lowest BCUT2D eigenvalue weighted by Gasteiger charge is -2.45. The monoisotopic (exact) mass is 400 g/mol. The van der Waals surface area contributed by atoms with E-state index in [1.54, 1.807) is 25.3 Å². The van der Waals surface area contributed by atoms with Gasteiger partial charge >= 0.3 is 0 Å². The van der Waals surface area contributed by atoms with Crippen LogP contribution in [-0.4, -0.2) is 36.0 Å². The number of likely N-dealkylation sites (tertiary alicyclic amines) is 1. The summed E-state index contributed by atoms with van der Waals surface area (Å²) in [6.45, 7) is 7.70. The quantitative estimate of drug-likeness (QED) is 0.734. The number of halogens is 1. The zero-order valence-corrected chi connectivity index (χ0v) is 17.8. The van der Waals surface area contributed by atoms with Crippen molar-refractivity contribution in [1.82, 2.24) is 10.2 Å². The summed E-state index contributed by atoms with van der Waals surface area (Å²) in [5.41, 5.74) is 1.19. The molecule has 2 aromatic rings. The van der Waals surface area contributed by atoms with Gasteiger partial charge in [-0.1, -0.05) is 48.0 Å². The first-order valence-electron chi connectivity index (χ1n) is 9.81. The van der Waals surface area contributed by atoms with E-state index in [2.05, 4.69) is 43.1 Å². The summed E-state index contributed by atoms with van der Waals surface area (Å²) in [5, 5.41) is 3.64. The second-order valence-electron chi connectivity index (χ2n) is 7.97. The maximum atomic E-state index is 13.3. The van der Waals surface area contributed by atoms with Gasteiger partial charge in [-0.05, 0) is 57.9 Å². The Balaban J connectivity index is 1.98. The smallest absolute Gasteiger partial charge is 0.257 e. The molecule has 0 saturated carbocycles. The van der Waals surface area contributed by atoms with Crippen molar-refractivity contribution in [1.29, 1.82) is 0 Å². The average Bonchev–Trinajstić information content (AvgIpc) is 3.13. The molecule has 0 radical (unpaired) electrons. The predicted molar refractivity (Wildman–Crippen MR) is 114 cm³/mol. The van der Waals surface area contributed by atoms with Crippen molar-refractivity contribution in [3.63, 3.8) is 0 Å². The molecule has 1 aliphatic rings. The number of carbonyl (C=O) groups excluding carboxylic acids is 1. The number of amides is 1. The lowest BCUT2D eigenvalue weighted by molar-refractivity contribution is 0.0631. The van der Waals surface area contributed by atoms with E-state index in [0.717, 1.165) is 12.1 Å². The number of hydrogen-bond donors (Lipinski definition) is 1. The lowest BCUT2D eigenvalue weighted by Crippen LogP contribution is -2.54. The first-order valence-corrected chi connectivity index (χ1v) is 10.2. The normalized spacial score (nSPS) is 18.7. The van der Waals surface area contributed by atoms with Crippen molar-refractivity contribution < 1.29 is 9.53 Å². The minimum absolute atomic E-state index is 0.192. The van der Waals surface area contributed by atoms with Crippen molar-refractivity contribution >= 4 is 17.5 Å². The Morgan fingerprint density at radius 2 is 1.93 bits per heavy atom. The van der Waals surface area contributed by atoms with Crippen LogP contribution in [0.3, 0.4) is 0 Å². The Morgan fingerprint density at radius 3 is 2.54 bits per heavy atom. The molecule has 0 bridgehead atoms. The molecular weight excluding hydrogens is 372 g/mol. The van der Waals surface area contributed by atoms with Gasteiger partial charge < -0.3 is 10.1 Å². The number of hydrogen-bond acceptors (Lipinski definition) is 3. The molecule has 1 N–H and O–H groups in total. The van der Waals surface area contributed by atoms with E-state index >= 15 is 0 Å². The van der Waals surface area contributed by atoms with Crippen molar-refractivity contribution in [3.05, 3.63) is 64.7 Å². The fraction of sp³-hybridized carbons (Fsp3) is 0.435. The standard InChI is InChI=1S/C23H29ClN2O2/c1-16-10-9-15-26(16)23(2,3)21(17-11-6-5-7-12-17)25-22(27)20-18(24)13-8-14-19(20)28-4/h5-8,11-14,16,21H,9-10,15H2,1-4H3,(H,25,27). The molecule has 1 amide bonds. The van der Waals surface area contributed by atoms with E-state index in [9.17, 15) is 4.79 Å². The van der Waals surface area contributed by atoms with E-state index in [0.29, 0.717) is 22.4 Å². The molecule has 4 nitrogen and oxygen atoms in total. The minimum Gasteiger partial charge on any atom is -0.496 e. The molecule has 1 saturated heterocycles. The van der Waals surface area contributed by atoms with E-state index in [-0.39, 0.29) is 17.5 Å². The molecule has 3 rings (SSSR count). The molecular formula is C23H29ClN2O2. The SMILES string of the molecule is COc1cccc(Cl)c1C(=O)NC(c1ccccc1)C(C)(C)N1CCCC1C. The van der Waals surface area contributed by atoms with Gasteiger partial charge in [0.25, 0.3) is 5.91 Å². The van der Waals surface area contributed by atoms with Crippen LogP contribution in [0.1, 0.15) is 55.6 Å². The molecule has 1 aliphatic heterocycles. The Morgan fingerprint density at radius 1 is 1.21 bits per heavy atom. The summed E-state index contributed by atoms with van der Waals surface area (Å²) in [4.78, 5) is 15.8. The third-order valence-electron chi connectivity index (χ3n) is 5.83. The molecule has 28 heavy (non-hydrogen) atoms. The average molecular weight is 401 g/mol. The minimum atomic E-state index is -0.262. The lowest BCUT2D eigenvalue weighted by atomic mass is 9.86. The Kier molecular flexibility index (Phi) is 6.31. The molecule has 1 heterocycles. The predicted octanol–water partition coefficient (Wildman–Crippen LogP) is 5.08. The van der Waals surface area contributed by atoms with Gasteiger partial charge in [0.2, 0.25) is 0 Å². The molecule has 0 spiro atoms. The van der Waals surface area contributed by atoms with Crippen LogP contribution in [0.15, 0.2) is 48.5 Å². The Labute approximate surface area is 172 Å². The summed E-state index contributed by atoms with van der Waals surface area (Å²) in [7, 11) is 1.55. The van der Waals surface area contributed by atoms with Crippen LogP contribution in [0, 0.1) is 0 Å². The summed E-state index contributed by atoms with van der Waals surface area (Å²) in [6, 6.07) is 15.7. The topological polar surface area (TPSA) is 41.6 Å². The molecule has 1 fully saturated rings. The van der Waals surface area contributed by atoms with Gasteiger partial charge in [0.1, 0.15) is 5.75 Å². The third kappa shape index (κ3) is 4.03. The van der Waals surface area contributed by atoms with E-state index < -0.39 is 0 Å². The molecule has 2 atom stereocenters. The van der Waals surface area contributed by atoms with Crippen LogP contribution in [0.25, 0.3) is 0 Å². The van der Waals surface area contributed by atoms with Crippen LogP contribution in [0.5, 0.6) is 5.75 Å². The zero-order valence-electron chi connectivity index (χ0n) is 17.0. The number of carbonyl (C=O) groups is 1. The molecule has 2 unspecified atom stereocenters. The number of ether oxygens (including phenoxy) is 1. The Bertz CT molecular complexity index is 823. The summed E-state index contributed by atoms with van der Waals surface area (Å²) >= 11 is 6.35. The summed E-state index contributed by atoms with van der Waals surface area (Å²) in [6.07, 6.45) is 2.36. The van der Waals surface area contributed by atoms with Gasteiger partial charge in [-0.2, -0.15) is 0 Å².